The summed E-state index contributed by atoms with van der Waals surface area (Å²) in [6, 6.07) is 84.5. The number of hydrogen-bond donors (Lipinski definition) is 0. The number of fused-ring (bicyclic) bond motifs is 7. The summed E-state index contributed by atoms with van der Waals surface area (Å²) in [5.74, 6) is 0. The number of para-hydroxylation sites is 3. The zero-order chi connectivity index (χ0) is 42.1. The van der Waals surface area contributed by atoms with Crippen LogP contribution < -0.4 is 4.90 Å². The van der Waals surface area contributed by atoms with Gasteiger partial charge in [-0.25, -0.2) is 0 Å². The number of rotatable bonds is 7. The predicted octanol–water partition coefficient (Wildman–Crippen LogP) is 16.7. The van der Waals surface area contributed by atoms with Crippen LogP contribution in [-0.4, -0.2) is 4.57 Å². The van der Waals surface area contributed by atoms with Crippen molar-refractivity contribution in [3.63, 3.8) is 0 Å². The number of benzene rings is 10. The highest BCUT2D eigenvalue weighted by atomic mass is 15.1. The maximum absolute atomic E-state index is 2.41. The minimum Gasteiger partial charge on any atom is -0.310 e. The molecule has 0 spiro atoms. The van der Waals surface area contributed by atoms with Crippen molar-refractivity contribution in [2.75, 3.05) is 4.90 Å². The Bertz CT molecular complexity index is 3460. The van der Waals surface area contributed by atoms with Crippen LogP contribution in [0.4, 0.5) is 17.1 Å². The quantitative estimate of drug-likeness (QED) is 0.156. The first-order chi connectivity index (χ1) is 31.0. The number of hydrogen-bond acceptors (Lipinski definition) is 1. The summed E-state index contributed by atoms with van der Waals surface area (Å²) in [4.78, 5) is 2.41. The molecule has 0 radical (unpaired) electrons. The molecular weight excluding hydrogens is 761 g/mol. The van der Waals surface area contributed by atoms with Gasteiger partial charge in [0.25, 0.3) is 0 Å². The van der Waals surface area contributed by atoms with E-state index in [2.05, 4.69) is 254 Å². The number of nitrogens with zero attached hydrogens (tertiary/aromatic N) is 2. The number of anilines is 3. The second-order valence-corrected chi connectivity index (χ2v) is 17.3. The third-order valence-corrected chi connectivity index (χ3v) is 13.4. The highest BCUT2D eigenvalue weighted by Crippen LogP contribution is 2.51. The van der Waals surface area contributed by atoms with Crippen LogP contribution in [-0.2, 0) is 5.41 Å². The lowest BCUT2D eigenvalue weighted by atomic mass is 9.82. The molecule has 2 nitrogen and oxygen atoms in total. The van der Waals surface area contributed by atoms with E-state index in [0.29, 0.717) is 0 Å². The predicted molar refractivity (Wildman–Crippen MR) is 267 cm³/mol. The molecule has 0 atom stereocenters. The van der Waals surface area contributed by atoms with Crippen LogP contribution in [0.5, 0.6) is 0 Å². The van der Waals surface area contributed by atoms with Crippen LogP contribution in [0.1, 0.15) is 25.0 Å². The summed E-state index contributed by atoms with van der Waals surface area (Å²) < 4.78 is 2.41. The molecule has 298 valence electrons. The maximum Gasteiger partial charge on any atom is 0.0541 e. The minimum atomic E-state index is -0.105. The van der Waals surface area contributed by atoms with Crippen LogP contribution in [0, 0.1) is 0 Å². The first-order valence-electron chi connectivity index (χ1n) is 21.9. The van der Waals surface area contributed by atoms with E-state index in [1.54, 1.807) is 0 Å². The van der Waals surface area contributed by atoms with E-state index < -0.39 is 0 Å². The summed E-state index contributed by atoms with van der Waals surface area (Å²) in [5, 5.41) is 5.05. The average Bonchev–Trinajstić information content (AvgIpc) is 3.80. The standard InChI is InChI=1S/C61H44N2/c1-61(2)56-22-9-5-18-52(56)53-39-38-48(40-57(53)61)62(47-36-32-44(33-37-47)50-21-13-15-43-14-3-4-16-49(43)50)46-34-30-42(31-35-46)41-26-28-45(29-27-41)51-17-6-10-23-58(51)63-59-24-11-7-19-54(59)55-20-8-12-25-60(55)63/h3-40H,1-2H3. The van der Waals surface area contributed by atoms with Crippen molar-refractivity contribution in [1.82, 2.24) is 4.57 Å². The lowest BCUT2D eigenvalue weighted by Gasteiger charge is -2.28. The van der Waals surface area contributed by atoms with Crippen molar-refractivity contribution in [3.05, 3.63) is 242 Å². The Labute approximate surface area is 368 Å². The van der Waals surface area contributed by atoms with Crippen LogP contribution in [0.25, 0.3) is 82.8 Å². The van der Waals surface area contributed by atoms with Crippen molar-refractivity contribution in [2.45, 2.75) is 19.3 Å². The number of aromatic nitrogens is 1. The third kappa shape index (κ3) is 6.02. The molecule has 0 N–H and O–H groups in total. The van der Waals surface area contributed by atoms with Gasteiger partial charge in [-0.15, -0.1) is 0 Å². The summed E-state index contributed by atoms with van der Waals surface area (Å²) in [5.41, 5.74) is 19.5. The van der Waals surface area contributed by atoms with Gasteiger partial charge in [0.2, 0.25) is 0 Å². The Balaban J connectivity index is 0.909. The zero-order valence-electron chi connectivity index (χ0n) is 35.3. The van der Waals surface area contributed by atoms with E-state index in [0.717, 1.165) is 17.1 Å². The van der Waals surface area contributed by atoms with Crippen molar-refractivity contribution >= 4 is 49.6 Å². The van der Waals surface area contributed by atoms with Gasteiger partial charge in [-0.3, -0.25) is 0 Å². The van der Waals surface area contributed by atoms with Crippen molar-refractivity contribution in [2.24, 2.45) is 0 Å². The van der Waals surface area contributed by atoms with Crippen LogP contribution in [0.2, 0.25) is 0 Å². The van der Waals surface area contributed by atoms with Crippen molar-refractivity contribution < 1.29 is 0 Å². The molecule has 11 aromatic rings. The van der Waals surface area contributed by atoms with Gasteiger partial charge in [0.15, 0.2) is 0 Å². The molecule has 2 heteroatoms. The molecule has 0 unspecified atom stereocenters. The molecule has 0 amide bonds. The van der Waals surface area contributed by atoms with Crippen LogP contribution in [0.3, 0.4) is 0 Å². The monoisotopic (exact) mass is 804 g/mol. The molecule has 63 heavy (non-hydrogen) atoms. The Morgan fingerprint density at radius 3 is 1.49 bits per heavy atom. The second kappa shape index (κ2) is 14.6. The van der Waals surface area contributed by atoms with Gasteiger partial charge in [-0.05, 0) is 115 Å². The fraction of sp³-hybridized carbons (Fsp3) is 0.0492. The van der Waals surface area contributed by atoms with E-state index in [4.69, 9.17) is 0 Å². The SMILES string of the molecule is CC1(C)c2ccccc2-c2ccc(N(c3ccc(-c4ccc(-c5ccccc5-n5c6ccccc6c6ccccc65)cc4)cc3)c3ccc(-c4cccc5ccccc45)cc3)cc21. The molecule has 1 heterocycles. The van der Waals surface area contributed by atoms with E-state index in [-0.39, 0.29) is 5.41 Å². The van der Waals surface area contributed by atoms with E-state index in [1.807, 2.05) is 0 Å². The lowest BCUT2D eigenvalue weighted by Crippen LogP contribution is -2.16. The van der Waals surface area contributed by atoms with Crippen molar-refractivity contribution in [1.29, 1.82) is 0 Å². The molecule has 1 aliphatic carbocycles. The van der Waals surface area contributed by atoms with Crippen molar-refractivity contribution in [3.8, 4) is 50.2 Å². The lowest BCUT2D eigenvalue weighted by molar-refractivity contribution is 0.660. The maximum atomic E-state index is 2.41. The Hall–Kier alpha value is -7.94. The second-order valence-electron chi connectivity index (χ2n) is 17.3. The molecule has 0 bridgehead atoms. The molecule has 0 saturated heterocycles. The highest BCUT2D eigenvalue weighted by molar-refractivity contribution is 6.09. The molecular formula is C61H44N2. The van der Waals surface area contributed by atoms with Gasteiger partial charge in [0.05, 0.1) is 16.7 Å². The fourth-order valence-corrected chi connectivity index (χ4v) is 10.3. The largest absolute Gasteiger partial charge is 0.310 e. The normalized spacial score (nSPS) is 12.7. The summed E-state index contributed by atoms with van der Waals surface area (Å²) in [7, 11) is 0. The van der Waals surface area contributed by atoms with E-state index in [9.17, 15) is 0 Å². The first-order valence-corrected chi connectivity index (χ1v) is 21.9. The van der Waals surface area contributed by atoms with Crippen LogP contribution >= 0.6 is 0 Å². The highest BCUT2D eigenvalue weighted by Gasteiger charge is 2.35. The molecule has 1 aromatic heterocycles. The Kier molecular flexibility index (Phi) is 8.55. The van der Waals surface area contributed by atoms with Gasteiger partial charge in [-0.1, -0.05) is 190 Å². The minimum absolute atomic E-state index is 0.105. The van der Waals surface area contributed by atoms with E-state index in [1.165, 1.54) is 93.9 Å². The fourth-order valence-electron chi connectivity index (χ4n) is 10.3. The zero-order valence-corrected chi connectivity index (χ0v) is 35.3. The first kappa shape index (κ1) is 36.9. The molecule has 1 aliphatic rings. The Morgan fingerprint density at radius 2 is 0.794 bits per heavy atom. The van der Waals surface area contributed by atoms with Gasteiger partial charge in [-0.2, -0.15) is 0 Å². The topological polar surface area (TPSA) is 8.17 Å². The van der Waals surface area contributed by atoms with Gasteiger partial charge < -0.3 is 9.47 Å². The van der Waals surface area contributed by atoms with Gasteiger partial charge in [0, 0.05) is 38.8 Å². The molecule has 12 rings (SSSR count). The molecule has 0 fully saturated rings. The Morgan fingerprint density at radius 1 is 0.333 bits per heavy atom. The summed E-state index contributed by atoms with van der Waals surface area (Å²) in [6.45, 7) is 4.71. The van der Waals surface area contributed by atoms with Gasteiger partial charge in [0.1, 0.15) is 0 Å². The third-order valence-electron chi connectivity index (χ3n) is 13.4. The summed E-state index contributed by atoms with van der Waals surface area (Å²) in [6.07, 6.45) is 0. The average molecular weight is 805 g/mol. The molecule has 0 aliphatic heterocycles. The summed E-state index contributed by atoms with van der Waals surface area (Å²) >= 11 is 0. The molecule has 0 saturated carbocycles. The van der Waals surface area contributed by atoms with E-state index >= 15 is 0 Å². The van der Waals surface area contributed by atoms with Gasteiger partial charge >= 0.3 is 0 Å². The molecule has 10 aromatic carbocycles. The smallest absolute Gasteiger partial charge is 0.0541 e. The van der Waals surface area contributed by atoms with Crippen LogP contribution in [0.15, 0.2) is 231 Å².